The Morgan fingerprint density at radius 1 is 1.06 bits per heavy atom. The summed E-state index contributed by atoms with van der Waals surface area (Å²) in [6, 6.07) is 11.3. The number of hydrogen-bond donors (Lipinski definition) is 0. The molecule has 160 valence electrons. The molecule has 3 aromatic rings. The molecule has 4 bridgehead atoms. The number of hydrogen-bond acceptors (Lipinski definition) is 4. The summed E-state index contributed by atoms with van der Waals surface area (Å²) in [7, 11) is 0. The zero-order valence-corrected chi connectivity index (χ0v) is 17.6. The van der Waals surface area contributed by atoms with E-state index >= 15 is 0 Å². The number of aromatic nitrogens is 2. The Labute approximate surface area is 180 Å². The van der Waals surface area contributed by atoms with Gasteiger partial charge in [-0.2, -0.15) is 0 Å². The molecule has 0 spiro atoms. The minimum absolute atomic E-state index is 0.00296. The van der Waals surface area contributed by atoms with Gasteiger partial charge in [0.2, 0.25) is 5.91 Å². The van der Waals surface area contributed by atoms with Crippen LogP contribution in [0, 0.1) is 17.8 Å². The largest absolute Gasteiger partial charge is 0.467 e. The molecule has 4 aliphatic rings. The fourth-order valence-corrected chi connectivity index (χ4v) is 6.97. The molecule has 1 aromatic carbocycles. The highest BCUT2D eigenvalue weighted by Gasteiger charge is 2.54. The molecule has 0 N–H and O–H groups in total. The zero-order chi connectivity index (χ0) is 21.0. The average Bonchev–Trinajstić information content (AvgIpc) is 3.26. The van der Waals surface area contributed by atoms with Gasteiger partial charge in [-0.05, 0) is 80.5 Å². The van der Waals surface area contributed by atoms with Crippen LogP contribution in [0.2, 0.25) is 0 Å². The van der Waals surface area contributed by atoms with Crippen LogP contribution in [0.4, 0.5) is 0 Å². The van der Waals surface area contributed by atoms with Crippen LogP contribution in [-0.4, -0.2) is 25.9 Å². The maximum Gasteiger partial charge on any atom is 0.269 e. The van der Waals surface area contributed by atoms with Crippen molar-refractivity contribution in [2.24, 2.45) is 17.8 Å². The van der Waals surface area contributed by atoms with Gasteiger partial charge in [0.05, 0.1) is 30.0 Å². The lowest BCUT2D eigenvalue weighted by Crippen LogP contribution is -2.61. The first-order valence-corrected chi connectivity index (χ1v) is 11.4. The van der Waals surface area contributed by atoms with Crippen LogP contribution < -0.4 is 5.56 Å². The first-order valence-electron chi connectivity index (χ1n) is 11.4. The summed E-state index contributed by atoms with van der Waals surface area (Å²) in [6.07, 6.45) is 10.2. The van der Waals surface area contributed by atoms with Crippen LogP contribution >= 0.6 is 0 Å². The van der Waals surface area contributed by atoms with E-state index in [9.17, 15) is 9.59 Å². The van der Waals surface area contributed by atoms with Crippen molar-refractivity contribution in [2.45, 2.75) is 57.2 Å². The highest BCUT2D eigenvalue weighted by atomic mass is 16.3. The molecule has 2 heterocycles. The van der Waals surface area contributed by atoms with E-state index in [2.05, 4.69) is 9.88 Å². The van der Waals surface area contributed by atoms with Crippen molar-refractivity contribution in [3.8, 4) is 0 Å². The summed E-state index contributed by atoms with van der Waals surface area (Å²) in [5.41, 5.74) is 1.08. The van der Waals surface area contributed by atoms with Crippen molar-refractivity contribution >= 4 is 16.9 Å². The molecule has 4 fully saturated rings. The minimum atomic E-state index is -0.240. The van der Waals surface area contributed by atoms with Crippen molar-refractivity contribution < 1.29 is 9.21 Å². The Bertz CT molecular complexity index is 1140. The molecule has 4 saturated carbocycles. The van der Waals surface area contributed by atoms with Gasteiger partial charge in [-0.15, -0.1) is 0 Å². The van der Waals surface area contributed by atoms with Gasteiger partial charge in [-0.3, -0.25) is 14.2 Å². The number of rotatable bonds is 5. The van der Waals surface area contributed by atoms with Crippen LogP contribution in [0.1, 0.15) is 44.3 Å². The van der Waals surface area contributed by atoms with E-state index in [1.54, 1.807) is 10.8 Å². The van der Waals surface area contributed by atoms with E-state index in [0.29, 0.717) is 12.1 Å². The molecule has 31 heavy (non-hydrogen) atoms. The number of fused-ring (bicyclic) bond motifs is 1. The third kappa shape index (κ3) is 3.20. The van der Waals surface area contributed by atoms with E-state index in [4.69, 9.17) is 4.42 Å². The third-order valence-corrected chi connectivity index (χ3v) is 7.82. The second-order valence-corrected chi connectivity index (χ2v) is 9.87. The first-order chi connectivity index (χ1) is 15.1. The number of furan rings is 1. The normalized spacial score (nSPS) is 28.8. The summed E-state index contributed by atoms with van der Waals surface area (Å²) in [6.45, 7) is 0.500. The molecule has 0 radical (unpaired) electrons. The summed E-state index contributed by atoms with van der Waals surface area (Å²) in [5.74, 6) is 2.97. The standard InChI is InChI=1S/C25H27N3O3/c29-23-14-26-21-5-1-2-6-22(21)27(23)16-24(30)28(15-20-4-3-7-31-20)25-11-17-8-18(12-25)10-19(9-17)13-25/h1-7,14,17-19H,8-13,15-16H2. The highest BCUT2D eigenvalue weighted by Crippen LogP contribution is 2.58. The lowest BCUT2D eigenvalue weighted by molar-refractivity contribution is -0.153. The lowest BCUT2D eigenvalue weighted by Gasteiger charge is -2.60. The van der Waals surface area contributed by atoms with E-state index < -0.39 is 0 Å². The van der Waals surface area contributed by atoms with Crippen LogP contribution in [0.15, 0.2) is 58.1 Å². The Hall–Kier alpha value is -2.89. The molecular weight excluding hydrogens is 390 g/mol. The molecule has 0 unspecified atom stereocenters. The van der Waals surface area contributed by atoms with Crippen molar-refractivity contribution in [3.05, 3.63) is 65.0 Å². The monoisotopic (exact) mass is 417 g/mol. The van der Waals surface area contributed by atoms with Gasteiger partial charge < -0.3 is 9.32 Å². The Morgan fingerprint density at radius 3 is 2.45 bits per heavy atom. The van der Waals surface area contributed by atoms with Crippen LogP contribution in [-0.2, 0) is 17.9 Å². The van der Waals surface area contributed by atoms with Crippen LogP contribution in [0.25, 0.3) is 11.0 Å². The fourth-order valence-electron chi connectivity index (χ4n) is 6.97. The second-order valence-electron chi connectivity index (χ2n) is 9.87. The van der Waals surface area contributed by atoms with E-state index in [0.717, 1.165) is 48.3 Å². The SMILES string of the molecule is O=C(Cn1c(=O)cnc2ccccc21)N(Cc1ccco1)C12CC3CC(CC(C3)C1)C2. The van der Waals surface area contributed by atoms with E-state index in [1.165, 1.54) is 25.5 Å². The number of benzene rings is 1. The Morgan fingerprint density at radius 2 is 1.77 bits per heavy atom. The second kappa shape index (κ2) is 7.08. The van der Waals surface area contributed by atoms with Gasteiger partial charge in [0.25, 0.3) is 5.56 Å². The van der Waals surface area contributed by atoms with Gasteiger partial charge in [0.1, 0.15) is 12.3 Å². The van der Waals surface area contributed by atoms with Crippen molar-refractivity contribution in [2.75, 3.05) is 0 Å². The number of carbonyl (C=O) groups is 1. The molecule has 0 aliphatic heterocycles. The maximum atomic E-state index is 13.9. The lowest BCUT2D eigenvalue weighted by atomic mass is 9.52. The minimum Gasteiger partial charge on any atom is -0.467 e. The van der Waals surface area contributed by atoms with Gasteiger partial charge in [0, 0.05) is 5.54 Å². The molecule has 2 aromatic heterocycles. The molecule has 1 amide bonds. The van der Waals surface area contributed by atoms with E-state index in [-0.39, 0.29) is 23.6 Å². The molecule has 7 rings (SSSR count). The molecule has 6 nitrogen and oxygen atoms in total. The first kappa shape index (κ1) is 18.8. The molecule has 0 atom stereocenters. The number of carbonyl (C=O) groups excluding carboxylic acids is 1. The van der Waals surface area contributed by atoms with Crippen molar-refractivity contribution in [1.82, 2.24) is 14.5 Å². The van der Waals surface area contributed by atoms with Crippen LogP contribution in [0.3, 0.4) is 0 Å². The van der Waals surface area contributed by atoms with Gasteiger partial charge in [-0.25, -0.2) is 4.98 Å². The maximum absolute atomic E-state index is 13.9. The molecule has 0 saturated heterocycles. The summed E-state index contributed by atoms with van der Waals surface area (Å²) in [5, 5.41) is 0. The smallest absolute Gasteiger partial charge is 0.269 e. The zero-order valence-electron chi connectivity index (χ0n) is 17.6. The topological polar surface area (TPSA) is 68.3 Å². The predicted molar refractivity (Wildman–Crippen MR) is 116 cm³/mol. The van der Waals surface area contributed by atoms with Gasteiger partial charge in [-0.1, -0.05) is 12.1 Å². The summed E-state index contributed by atoms with van der Waals surface area (Å²) < 4.78 is 7.22. The average molecular weight is 418 g/mol. The molecule has 6 heteroatoms. The van der Waals surface area contributed by atoms with Gasteiger partial charge in [0.15, 0.2) is 0 Å². The number of para-hydroxylation sites is 2. The quantitative estimate of drug-likeness (QED) is 0.630. The van der Waals surface area contributed by atoms with E-state index in [1.807, 2.05) is 36.4 Å². The molecule has 4 aliphatic carbocycles. The third-order valence-electron chi connectivity index (χ3n) is 7.82. The van der Waals surface area contributed by atoms with Crippen molar-refractivity contribution in [1.29, 1.82) is 0 Å². The number of nitrogens with zero attached hydrogens (tertiary/aromatic N) is 3. The number of amides is 1. The Kier molecular flexibility index (Phi) is 4.30. The fraction of sp³-hybridized carbons (Fsp3) is 0.480. The van der Waals surface area contributed by atoms with Gasteiger partial charge >= 0.3 is 0 Å². The summed E-state index contributed by atoms with van der Waals surface area (Å²) in [4.78, 5) is 32.8. The summed E-state index contributed by atoms with van der Waals surface area (Å²) >= 11 is 0. The van der Waals surface area contributed by atoms with Crippen molar-refractivity contribution in [3.63, 3.8) is 0 Å². The predicted octanol–water partition coefficient (Wildman–Crippen LogP) is 3.99. The Balaban J connectivity index is 1.38. The highest BCUT2D eigenvalue weighted by molar-refractivity contribution is 5.80. The molecular formula is C25H27N3O3. The van der Waals surface area contributed by atoms with Crippen LogP contribution in [0.5, 0.6) is 0 Å².